The number of esters is 1. The molecule has 1 amide bonds. The number of carbonyl (C=O) groups is 2. The predicted molar refractivity (Wildman–Crippen MR) is 347 cm³/mol. The van der Waals surface area contributed by atoms with Gasteiger partial charge < -0.3 is 20.3 Å². The second kappa shape index (κ2) is 68.8. The fraction of sp³-hybridized carbons (Fsp3) is 0.918. The quantitative estimate of drug-likeness (QED) is 0.0320. The number of nitrogens with one attached hydrogen (secondary N) is 1. The highest BCUT2D eigenvalue weighted by Crippen LogP contribution is 2.19. The van der Waals surface area contributed by atoms with Crippen LogP contribution in [0.3, 0.4) is 0 Å². The Balaban J connectivity index is 3.37. The molecule has 6 heteroatoms. The van der Waals surface area contributed by atoms with Crippen LogP contribution in [0.15, 0.2) is 24.3 Å². The maximum atomic E-state index is 12.5. The van der Waals surface area contributed by atoms with E-state index < -0.39 is 12.1 Å². The van der Waals surface area contributed by atoms with E-state index in [1.807, 2.05) is 0 Å². The van der Waals surface area contributed by atoms with E-state index in [1.165, 1.54) is 327 Å². The number of hydrogen-bond acceptors (Lipinski definition) is 5. The lowest BCUT2D eigenvalue weighted by atomic mass is 10.0. The Bertz CT molecular complexity index is 1230. The first-order valence-corrected chi connectivity index (χ1v) is 36.1. The largest absolute Gasteiger partial charge is 0.466 e. The molecule has 0 bridgehead atoms. The van der Waals surface area contributed by atoms with Crippen molar-refractivity contribution in [2.75, 3.05) is 13.2 Å². The lowest BCUT2D eigenvalue weighted by molar-refractivity contribution is -0.143. The Labute approximate surface area is 494 Å². The standard InChI is InChI=1S/C73H141NO5/c1-3-5-7-9-11-13-15-17-19-20-32-35-38-41-45-49-53-57-61-65-71(76)70(69-75)74-72(77)66-62-58-54-50-46-42-39-36-33-30-28-26-24-22-21-23-25-27-29-31-34-37-40-44-48-52-56-60-64-68-79-73(78)67-63-59-55-51-47-43-18-16-14-12-10-8-6-4-2/h16,18,21,23,70-71,75-76H,3-15,17,19-20,22,24-69H2,1-2H3,(H,74,77)/b18-16-,23-21-. The van der Waals surface area contributed by atoms with Crippen molar-refractivity contribution in [2.24, 2.45) is 0 Å². The summed E-state index contributed by atoms with van der Waals surface area (Å²) in [7, 11) is 0. The van der Waals surface area contributed by atoms with Gasteiger partial charge >= 0.3 is 5.97 Å². The molecule has 79 heavy (non-hydrogen) atoms. The van der Waals surface area contributed by atoms with Gasteiger partial charge in [0.15, 0.2) is 0 Å². The van der Waals surface area contributed by atoms with Crippen LogP contribution in [0.25, 0.3) is 0 Å². The van der Waals surface area contributed by atoms with Gasteiger partial charge in [0.2, 0.25) is 5.91 Å². The second-order valence-electron chi connectivity index (χ2n) is 24.9. The molecule has 468 valence electrons. The van der Waals surface area contributed by atoms with Gasteiger partial charge in [0, 0.05) is 12.8 Å². The number of ether oxygens (including phenoxy) is 1. The third-order valence-corrected chi connectivity index (χ3v) is 17.0. The Morgan fingerprint density at radius 2 is 0.595 bits per heavy atom. The third kappa shape index (κ3) is 65.4. The second-order valence-corrected chi connectivity index (χ2v) is 24.9. The van der Waals surface area contributed by atoms with E-state index in [4.69, 9.17) is 4.74 Å². The number of amides is 1. The monoisotopic (exact) mass is 1110 g/mol. The minimum absolute atomic E-state index is 0.00867. The molecule has 0 aromatic rings. The van der Waals surface area contributed by atoms with Crippen LogP contribution in [0, 0.1) is 0 Å². The van der Waals surface area contributed by atoms with Crippen molar-refractivity contribution in [1.29, 1.82) is 0 Å². The molecule has 0 heterocycles. The molecule has 0 spiro atoms. The topological polar surface area (TPSA) is 95.9 Å². The van der Waals surface area contributed by atoms with Crippen LogP contribution in [0.5, 0.6) is 0 Å². The average Bonchev–Trinajstić information content (AvgIpc) is 3.45. The smallest absolute Gasteiger partial charge is 0.305 e. The van der Waals surface area contributed by atoms with Crippen molar-refractivity contribution in [3.8, 4) is 0 Å². The summed E-state index contributed by atoms with van der Waals surface area (Å²) in [5.74, 6) is -0.0213. The maximum Gasteiger partial charge on any atom is 0.305 e. The fourth-order valence-corrected chi connectivity index (χ4v) is 11.5. The van der Waals surface area contributed by atoms with E-state index in [0.717, 1.165) is 44.9 Å². The van der Waals surface area contributed by atoms with E-state index >= 15 is 0 Å². The molecule has 0 saturated heterocycles. The molecule has 2 unspecified atom stereocenters. The normalized spacial score (nSPS) is 12.6. The molecule has 6 nitrogen and oxygen atoms in total. The first-order chi connectivity index (χ1) is 39.0. The van der Waals surface area contributed by atoms with Crippen LogP contribution < -0.4 is 5.32 Å². The summed E-state index contributed by atoms with van der Waals surface area (Å²) in [6.45, 7) is 4.98. The van der Waals surface area contributed by atoms with E-state index in [9.17, 15) is 19.8 Å². The zero-order chi connectivity index (χ0) is 57.1. The van der Waals surface area contributed by atoms with Crippen molar-refractivity contribution in [3.63, 3.8) is 0 Å². The lowest BCUT2D eigenvalue weighted by Gasteiger charge is -2.22. The SMILES string of the molecule is CCCCCCC/C=C\CCCCCCCC(=O)OCCCCCCCCCCCCCC/C=C\CCCCCCCCCCCCCCCC(=O)NC(CO)C(O)CCCCCCCCCCCCCCCCCCCCC. The van der Waals surface area contributed by atoms with Crippen molar-refractivity contribution in [2.45, 2.75) is 418 Å². The summed E-state index contributed by atoms with van der Waals surface area (Å²) < 4.78 is 5.49. The highest BCUT2D eigenvalue weighted by molar-refractivity contribution is 5.76. The maximum absolute atomic E-state index is 12.5. The van der Waals surface area contributed by atoms with Crippen LogP contribution in [-0.2, 0) is 14.3 Å². The summed E-state index contributed by atoms with van der Waals surface area (Å²) >= 11 is 0. The first kappa shape index (κ1) is 77.3. The molecule has 0 aromatic heterocycles. The highest BCUT2D eigenvalue weighted by atomic mass is 16.5. The van der Waals surface area contributed by atoms with Gasteiger partial charge in [-0.15, -0.1) is 0 Å². The number of unbranched alkanes of at least 4 members (excludes halogenated alkanes) is 53. The molecule has 0 aliphatic carbocycles. The molecule has 0 radical (unpaired) electrons. The first-order valence-electron chi connectivity index (χ1n) is 36.1. The number of rotatable bonds is 68. The van der Waals surface area contributed by atoms with E-state index in [2.05, 4.69) is 43.5 Å². The fourth-order valence-electron chi connectivity index (χ4n) is 11.5. The molecule has 0 aromatic carbocycles. The average molecular weight is 1110 g/mol. The third-order valence-electron chi connectivity index (χ3n) is 17.0. The van der Waals surface area contributed by atoms with Gasteiger partial charge in [-0.2, -0.15) is 0 Å². The molecule has 0 fully saturated rings. The number of aliphatic hydroxyl groups excluding tert-OH is 2. The van der Waals surface area contributed by atoms with E-state index in [1.54, 1.807) is 0 Å². The molecule has 2 atom stereocenters. The molecule has 3 N–H and O–H groups in total. The van der Waals surface area contributed by atoms with E-state index in [0.29, 0.717) is 25.9 Å². The Hall–Kier alpha value is -1.66. The zero-order valence-corrected chi connectivity index (χ0v) is 53.6. The molecule has 0 aliphatic rings. The van der Waals surface area contributed by atoms with Crippen molar-refractivity contribution >= 4 is 11.9 Å². The van der Waals surface area contributed by atoms with Crippen molar-refractivity contribution in [3.05, 3.63) is 24.3 Å². The molecule has 0 saturated carbocycles. The zero-order valence-electron chi connectivity index (χ0n) is 53.6. The number of aliphatic hydroxyl groups is 2. The highest BCUT2D eigenvalue weighted by Gasteiger charge is 2.20. The van der Waals surface area contributed by atoms with Gasteiger partial charge in [-0.25, -0.2) is 0 Å². The van der Waals surface area contributed by atoms with E-state index in [-0.39, 0.29) is 18.5 Å². The summed E-state index contributed by atoms with van der Waals surface area (Å²) in [6.07, 6.45) is 86.6. The van der Waals surface area contributed by atoms with Crippen LogP contribution in [-0.4, -0.2) is 47.4 Å². The molecule has 0 aliphatic heterocycles. The number of carbonyl (C=O) groups excluding carboxylic acids is 2. The van der Waals surface area contributed by atoms with Crippen molar-refractivity contribution < 1.29 is 24.5 Å². The number of allylic oxidation sites excluding steroid dienone is 4. The van der Waals surface area contributed by atoms with Gasteiger partial charge in [0.25, 0.3) is 0 Å². The van der Waals surface area contributed by atoms with Crippen LogP contribution >= 0.6 is 0 Å². The minimum atomic E-state index is -0.664. The summed E-state index contributed by atoms with van der Waals surface area (Å²) in [5.41, 5.74) is 0. The van der Waals surface area contributed by atoms with Gasteiger partial charge in [-0.3, -0.25) is 9.59 Å². The number of hydrogen-bond donors (Lipinski definition) is 3. The summed E-state index contributed by atoms with van der Waals surface area (Å²) in [5, 5.41) is 23.4. The van der Waals surface area contributed by atoms with Gasteiger partial charge in [0.1, 0.15) is 0 Å². The molecule has 0 rings (SSSR count). The lowest BCUT2D eigenvalue weighted by Crippen LogP contribution is -2.45. The molecular formula is C73H141NO5. The van der Waals surface area contributed by atoms with Crippen LogP contribution in [0.1, 0.15) is 406 Å². The predicted octanol–water partition coefficient (Wildman–Crippen LogP) is 23.3. The Morgan fingerprint density at radius 1 is 0.342 bits per heavy atom. The van der Waals surface area contributed by atoms with Gasteiger partial charge in [0.05, 0.1) is 25.4 Å². The summed E-state index contributed by atoms with van der Waals surface area (Å²) in [6, 6.07) is -0.541. The van der Waals surface area contributed by atoms with Crippen LogP contribution in [0.4, 0.5) is 0 Å². The Morgan fingerprint density at radius 3 is 0.899 bits per heavy atom. The molecular weight excluding hydrogens is 971 g/mol. The van der Waals surface area contributed by atoms with Gasteiger partial charge in [-0.1, -0.05) is 340 Å². The van der Waals surface area contributed by atoms with Crippen LogP contribution in [0.2, 0.25) is 0 Å². The minimum Gasteiger partial charge on any atom is -0.466 e. The van der Waals surface area contributed by atoms with Crippen molar-refractivity contribution in [1.82, 2.24) is 5.32 Å². The van der Waals surface area contributed by atoms with Gasteiger partial charge in [-0.05, 0) is 77.0 Å². The summed E-state index contributed by atoms with van der Waals surface area (Å²) in [4.78, 5) is 24.6. The Kier molecular flexibility index (Phi) is 67.4.